The van der Waals surface area contributed by atoms with Crippen LogP contribution >= 0.6 is 39.1 Å². The second kappa shape index (κ2) is 5.58. The van der Waals surface area contributed by atoms with Crippen LogP contribution in [0.4, 0.5) is 10.1 Å². The lowest BCUT2D eigenvalue weighted by atomic mass is 10.1. The minimum absolute atomic E-state index is 0.127. The number of pyridine rings is 1. The average molecular weight is 404 g/mol. The zero-order chi connectivity index (χ0) is 16.1. The van der Waals surface area contributed by atoms with Gasteiger partial charge in [0, 0.05) is 22.8 Å². The number of hydrogen-bond donors (Lipinski definition) is 0. The molecule has 0 aliphatic carbocycles. The number of halogens is 4. The number of aromatic nitrogens is 1. The number of nitrogens with zero attached hydrogens (tertiary/aromatic N) is 2. The molecule has 1 aromatic heterocycles. The van der Waals surface area contributed by atoms with E-state index < -0.39 is 16.5 Å². The van der Waals surface area contributed by atoms with E-state index in [-0.39, 0.29) is 15.6 Å². The summed E-state index contributed by atoms with van der Waals surface area (Å²) in [6.45, 7) is 1.67. The molecule has 114 valence electrons. The topological polar surface area (TPSA) is 36.0 Å². The van der Waals surface area contributed by atoms with Crippen LogP contribution in [-0.4, -0.2) is 4.98 Å². The Labute approximate surface area is 145 Å². The molecule has 2 heterocycles. The van der Waals surface area contributed by atoms with Gasteiger partial charge in [-0.25, -0.2) is 9.37 Å². The summed E-state index contributed by atoms with van der Waals surface area (Å²) in [5.41, 5.74) is 1.32. The molecule has 1 aliphatic heterocycles. The summed E-state index contributed by atoms with van der Waals surface area (Å²) in [5.74, 6) is -0.602. The van der Waals surface area contributed by atoms with E-state index in [1.54, 1.807) is 25.3 Å². The van der Waals surface area contributed by atoms with Crippen LogP contribution in [-0.2, 0) is 0 Å². The maximum absolute atomic E-state index is 13.8. The van der Waals surface area contributed by atoms with Gasteiger partial charge in [-0.2, -0.15) is 0 Å². The molecule has 22 heavy (non-hydrogen) atoms. The summed E-state index contributed by atoms with van der Waals surface area (Å²) in [5, 5.41) is 13.5. The van der Waals surface area contributed by atoms with Crippen molar-refractivity contribution in [1.82, 2.24) is 9.63 Å². The van der Waals surface area contributed by atoms with E-state index in [0.29, 0.717) is 15.9 Å². The van der Waals surface area contributed by atoms with Gasteiger partial charge in [0.25, 0.3) is 0 Å². The lowest BCUT2D eigenvalue weighted by Crippen LogP contribution is -2.38. The summed E-state index contributed by atoms with van der Waals surface area (Å²) in [7, 11) is 0. The van der Waals surface area contributed by atoms with Crippen LogP contribution in [0.2, 0.25) is 10.0 Å². The van der Waals surface area contributed by atoms with Gasteiger partial charge in [0.15, 0.2) is 5.69 Å². The Kier molecular flexibility index (Phi) is 4.03. The number of hydrogen-bond acceptors (Lipinski definition) is 2. The molecule has 2 unspecified atom stereocenters. The molecule has 1 aromatic carbocycles. The van der Waals surface area contributed by atoms with E-state index in [4.69, 9.17) is 23.2 Å². The van der Waals surface area contributed by atoms with Crippen molar-refractivity contribution < 1.29 is 4.39 Å². The lowest BCUT2D eigenvalue weighted by Gasteiger charge is -2.42. The van der Waals surface area contributed by atoms with E-state index >= 15 is 0 Å². The third-order valence-electron chi connectivity index (χ3n) is 3.77. The van der Waals surface area contributed by atoms with Gasteiger partial charge in [0.1, 0.15) is 23.8 Å². The third kappa shape index (κ3) is 2.37. The van der Waals surface area contributed by atoms with Gasteiger partial charge in [0.05, 0.1) is 15.6 Å². The van der Waals surface area contributed by atoms with Crippen molar-refractivity contribution in [2.45, 2.75) is 13.0 Å². The van der Waals surface area contributed by atoms with Gasteiger partial charge >= 0.3 is 0 Å². The van der Waals surface area contributed by atoms with Crippen LogP contribution in [0.5, 0.6) is 0 Å². The molecular formula is C15H10BrCl2FN2O. The van der Waals surface area contributed by atoms with Crippen LogP contribution in [0.25, 0.3) is 6.08 Å². The van der Waals surface area contributed by atoms with Crippen LogP contribution in [0.15, 0.2) is 35.1 Å². The summed E-state index contributed by atoms with van der Waals surface area (Å²) >= 11 is 15.5. The summed E-state index contributed by atoms with van der Waals surface area (Å²) in [6, 6.07) is 3.57. The van der Waals surface area contributed by atoms with Crippen molar-refractivity contribution in [2.24, 2.45) is 0 Å². The highest BCUT2D eigenvalue weighted by molar-refractivity contribution is 9.10. The predicted octanol–water partition coefficient (Wildman–Crippen LogP) is 5.84. The van der Waals surface area contributed by atoms with Crippen LogP contribution in [0.3, 0.4) is 0 Å². The zero-order valence-electron chi connectivity index (χ0n) is 11.4. The lowest BCUT2D eigenvalue weighted by molar-refractivity contribution is 0.399. The first-order valence-electron chi connectivity index (χ1n) is 6.43. The Bertz CT molecular complexity index is 799. The molecule has 2 atom stereocenters. The highest BCUT2D eigenvalue weighted by Gasteiger charge is 2.36. The molecular weight excluding hydrogens is 394 g/mol. The van der Waals surface area contributed by atoms with Crippen LogP contribution in [0.1, 0.15) is 24.2 Å². The fraction of sp³-hybridized carbons (Fsp3) is 0.133. The molecule has 2 aromatic rings. The summed E-state index contributed by atoms with van der Waals surface area (Å²) < 4.78 is 13.6. The molecule has 0 spiro atoms. The van der Waals surface area contributed by atoms with E-state index in [1.165, 1.54) is 18.3 Å². The zero-order valence-corrected chi connectivity index (χ0v) is 14.5. The van der Waals surface area contributed by atoms with Gasteiger partial charge in [-0.1, -0.05) is 23.2 Å². The molecule has 7 heteroatoms. The minimum Gasteiger partial charge on any atom is -0.622 e. The first kappa shape index (κ1) is 15.9. The van der Waals surface area contributed by atoms with Crippen LogP contribution in [0, 0.1) is 11.0 Å². The number of quaternary nitrogens is 1. The first-order chi connectivity index (χ1) is 10.3. The van der Waals surface area contributed by atoms with Gasteiger partial charge in [-0.15, -0.1) is 0 Å². The van der Waals surface area contributed by atoms with Crippen molar-refractivity contribution in [3.63, 3.8) is 0 Å². The maximum Gasteiger partial charge on any atom is 0.165 e. The molecule has 3 rings (SSSR count). The van der Waals surface area contributed by atoms with Crippen molar-refractivity contribution >= 4 is 50.9 Å². The second-order valence-corrected chi connectivity index (χ2v) is 6.72. The average Bonchev–Trinajstić information content (AvgIpc) is 2.82. The highest BCUT2D eigenvalue weighted by atomic mass is 79.9. The van der Waals surface area contributed by atoms with E-state index in [0.717, 1.165) is 0 Å². The Morgan fingerprint density at radius 1 is 1.36 bits per heavy atom. The SMILES string of the molecule is CC(c1c(Cl)ccc(F)c1Cl)[N+]1([O-])C=Cc2ncc(Br)cc21. The monoisotopic (exact) mass is 402 g/mol. The van der Waals surface area contributed by atoms with Crippen molar-refractivity contribution in [2.75, 3.05) is 0 Å². The largest absolute Gasteiger partial charge is 0.622 e. The van der Waals surface area contributed by atoms with Crippen LogP contribution < -0.4 is 4.65 Å². The fourth-order valence-corrected chi connectivity index (χ4v) is 3.57. The van der Waals surface area contributed by atoms with Crippen molar-refractivity contribution in [3.8, 4) is 0 Å². The quantitative estimate of drug-likeness (QED) is 0.358. The normalized spacial score (nSPS) is 21.0. The number of rotatable bonds is 2. The molecule has 1 aliphatic rings. The Hall–Kier alpha value is -0.980. The maximum atomic E-state index is 13.8. The van der Waals surface area contributed by atoms with E-state index in [1.807, 2.05) is 0 Å². The van der Waals surface area contributed by atoms with E-state index in [9.17, 15) is 9.60 Å². The summed E-state index contributed by atoms with van der Waals surface area (Å²) in [4.78, 5) is 4.20. The number of fused-ring (bicyclic) bond motifs is 1. The van der Waals surface area contributed by atoms with Gasteiger partial charge in [-0.05, 0) is 35.0 Å². The molecule has 3 nitrogen and oxygen atoms in total. The number of benzene rings is 1. The molecule has 0 radical (unpaired) electrons. The molecule has 0 saturated carbocycles. The molecule has 0 saturated heterocycles. The predicted molar refractivity (Wildman–Crippen MR) is 91.0 cm³/mol. The fourth-order valence-electron chi connectivity index (χ4n) is 2.56. The second-order valence-electron chi connectivity index (χ2n) is 5.02. The molecule has 0 N–H and O–H groups in total. The van der Waals surface area contributed by atoms with Gasteiger partial charge < -0.3 is 5.21 Å². The smallest absolute Gasteiger partial charge is 0.165 e. The Morgan fingerprint density at radius 3 is 2.82 bits per heavy atom. The van der Waals surface area contributed by atoms with E-state index in [2.05, 4.69) is 20.9 Å². The van der Waals surface area contributed by atoms with Gasteiger partial charge in [0.2, 0.25) is 0 Å². The third-order valence-corrected chi connectivity index (χ3v) is 4.91. The van der Waals surface area contributed by atoms with Crippen molar-refractivity contribution in [3.05, 3.63) is 67.4 Å². The first-order valence-corrected chi connectivity index (χ1v) is 7.97. The minimum atomic E-state index is -0.829. The standard InChI is InChI=1S/C15H10BrCl2FN2O/c1-8(14-10(17)2-3-11(19)15(14)18)21(22)5-4-12-13(21)6-9(16)7-20-12/h2-8H,1H3. The Balaban J connectivity index is 2.16. The number of hydroxylamine groups is 2. The molecule has 0 fully saturated rings. The van der Waals surface area contributed by atoms with Crippen molar-refractivity contribution in [1.29, 1.82) is 0 Å². The molecule has 0 amide bonds. The Morgan fingerprint density at radius 2 is 2.09 bits per heavy atom. The highest BCUT2D eigenvalue weighted by Crippen LogP contribution is 2.46. The molecule has 0 bridgehead atoms. The van der Waals surface area contributed by atoms with Gasteiger partial charge in [-0.3, -0.25) is 4.65 Å². The summed E-state index contributed by atoms with van der Waals surface area (Å²) in [6.07, 6.45) is 4.73.